The molecule has 3 rings (SSSR count). The molecule has 2 N–H and O–H groups in total. The Balaban J connectivity index is 1.82. The van der Waals surface area contributed by atoms with Crippen molar-refractivity contribution in [3.63, 3.8) is 0 Å². The summed E-state index contributed by atoms with van der Waals surface area (Å²) in [6, 6.07) is 8.08. The Hall–Kier alpha value is -1.68. The molecule has 1 aromatic heterocycles. The van der Waals surface area contributed by atoms with Crippen LogP contribution in [0.2, 0.25) is 0 Å². The van der Waals surface area contributed by atoms with Crippen molar-refractivity contribution in [2.45, 2.75) is 26.2 Å². The van der Waals surface area contributed by atoms with E-state index in [0.29, 0.717) is 0 Å². The lowest BCUT2D eigenvalue weighted by Gasteiger charge is -2.33. The Bertz CT molecular complexity index is 588. The average Bonchev–Trinajstić information content (AvgIpc) is 2.48. The van der Waals surface area contributed by atoms with Gasteiger partial charge in [0.05, 0.1) is 16.7 Å². The average molecular weight is 270 g/mol. The lowest BCUT2D eigenvalue weighted by molar-refractivity contribution is 0.385. The fourth-order valence-electron chi connectivity index (χ4n) is 3.05. The maximum Gasteiger partial charge on any atom is 0.150 e. The highest BCUT2D eigenvalue weighted by Gasteiger charge is 2.21. The molecule has 20 heavy (non-hydrogen) atoms. The summed E-state index contributed by atoms with van der Waals surface area (Å²) in [6.45, 7) is 5.00. The van der Waals surface area contributed by atoms with Gasteiger partial charge in [0.1, 0.15) is 0 Å². The summed E-state index contributed by atoms with van der Waals surface area (Å²) >= 11 is 0. The highest BCUT2D eigenvalue weighted by atomic mass is 15.2. The van der Waals surface area contributed by atoms with Gasteiger partial charge in [0.15, 0.2) is 5.82 Å². The van der Waals surface area contributed by atoms with Crippen molar-refractivity contribution in [2.75, 3.05) is 24.5 Å². The van der Waals surface area contributed by atoms with Crippen molar-refractivity contribution < 1.29 is 0 Å². The van der Waals surface area contributed by atoms with Crippen LogP contribution in [0.5, 0.6) is 0 Å². The molecule has 0 spiro atoms. The molecular weight excluding hydrogens is 248 g/mol. The van der Waals surface area contributed by atoms with Crippen molar-refractivity contribution in [1.82, 2.24) is 9.97 Å². The fourth-order valence-corrected chi connectivity index (χ4v) is 3.05. The second-order valence-electron chi connectivity index (χ2n) is 5.63. The molecule has 0 saturated carbocycles. The summed E-state index contributed by atoms with van der Waals surface area (Å²) in [5.74, 6) is 1.83. The predicted molar refractivity (Wildman–Crippen MR) is 82.9 cm³/mol. The van der Waals surface area contributed by atoms with Crippen molar-refractivity contribution >= 4 is 16.9 Å². The van der Waals surface area contributed by atoms with Crippen LogP contribution >= 0.6 is 0 Å². The number of nitrogens with two attached hydrogens (primary N) is 1. The van der Waals surface area contributed by atoms with Gasteiger partial charge in [-0.3, -0.25) is 0 Å². The second-order valence-corrected chi connectivity index (χ2v) is 5.63. The van der Waals surface area contributed by atoms with Crippen LogP contribution < -0.4 is 10.6 Å². The van der Waals surface area contributed by atoms with Gasteiger partial charge in [-0.2, -0.15) is 0 Å². The zero-order valence-electron chi connectivity index (χ0n) is 12.0. The summed E-state index contributed by atoms with van der Waals surface area (Å²) in [6.07, 6.45) is 3.58. The highest BCUT2D eigenvalue weighted by Crippen LogP contribution is 2.26. The van der Waals surface area contributed by atoms with Gasteiger partial charge in [0.25, 0.3) is 0 Å². The van der Waals surface area contributed by atoms with Crippen LogP contribution in [-0.2, 0) is 0 Å². The molecule has 106 valence electrons. The van der Waals surface area contributed by atoms with E-state index in [2.05, 4.69) is 16.8 Å². The van der Waals surface area contributed by atoms with E-state index in [0.717, 1.165) is 54.5 Å². The fraction of sp³-hybridized carbons (Fsp3) is 0.500. The summed E-state index contributed by atoms with van der Waals surface area (Å²) in [5, 5.41) is 0. The van der Waals surface area contributed by atoms with Crippen LogP contribution in [-0.4, -0.2) is 29.6 Å². The van der Waals surface area contributed by atoms with Crippen LogP contribution in [0.3, 0.4) is 0 Å². The van der Waals surface area contributed by atoms with Crippen molar-refractivity contribution in [1.29, 1.82) is 0 Å². The number of rotatable bonds is 3. The molecule has 1 saturated heterocycles. The van der Waals surface area contributed by atoms with E-state index in [1.165, 1.54) is 12.8 Å². The Morgan fingerprint density at radius 2 is 1.80 bits per heavy atom. The van der Waals surface area contributed by atoms with E-state index < -0.39 is 0 Å². The molecule has 1 aliphatic rings. The maximum atomic E-state index is 5.66. The zero-order chi connectivity index (χ0) is 13.9. The minimum absolute atomic E-state index is 0.782. The number of nitrogens with zero attached hydrogens (tertiary/aromatic N) is 3. The smallest absolute Gasteiger partial charge is 0.150 e. The van der Waals surface area contributed by atoms with E-state index in [9.17, 15) is 0 Å². The number of para-hydroxylation sites is 2. The first kappa shape index (κ1) is 13.3. The van der Waals surface area contributed by atoms with Crippen molar-refractivity contribution in [2.24, 2.45) is 11.7 Å². The first-order valence-corrected chi connectivity index (χ1v) is 7.46. The number of aromatic nitrogens is 2. The third kappa shape index (κ3) is 2.61. The monoisotopic (exact) mass is 270 g/mol. The standard InChI is InChI=1S/C16H22N4/c1-12-16(19-15-5-3-2-4-14(15)18-12)20-10-7-13(6-9-17)8-11-20/h2-5,13H,6-11,17H2,1H3. The Kier molecular flexibility index (Phi) is 3.83. The third-order valence-corrected chi connectivity index (χ3v) is 4.21. The van der Waals surface area contributed by atoms with Gasteiger partial charge in [-0.05, 0) is 50.8 Å². The summed E-state index contributed by atoms with van der Waals surface area (Å²) in [4.78, 5) is 11.9. The molecule has 1 fully saturated rings. The van der Waals surface area contributed by atoms with Gasteiger partial charge in [0, 0.05) is 13.1 Å². The van der Waals surface area contributed by atoms with Crippen LogP contribution in [0, 0.1) is 12.8 Å². The molecule has 1 aromatic carbocycles. The molecule has 4 nitrogen and oxygen atoms in total. The zero-order valence-corrected chi connectivity index (χ0v) is 12.0. The van der Waals surface area contributed by atoms with Crippen LogP contribution in [0.1, 0.15) is 25.0 Å². The lowest BCUT2D eigenvalue weighted by atomic mass is 9.93. The maximum absolute atomic E-state index is 5.66. The summed E-state index contributed by atoms with van der Waals surface area (Å²) in [5.41, 5.74) is 8.65. The molecule has 0 atom stereocenters. The number of anilines is 1. The molecule has 4 heteroatoms. The van der Waals surface area contributed by atoms with E-state index in [4.69, 9.17) is 10.7 Å². The second kappa shape index (κ2) is 5.75. The lowest BCUT2D eigenvalue weighted by Crippen LogP contribution is -2.35. The van der Waals surface area contributed by atoms with Gasteiger partial charge in [-0.25, -0.2) is 9.97 Å². The first-order valence-electron chi connectivity index (χ1n) is 7.46. The normalized spacial score (nSPS) is 16.8. The van der Waals surface area contributed by atoms with Crippen LogP contribution in [0.15, 0.2) is 24.3 Å². The molecule has 1 aliphatic heterocycles. The summed E-state index contributed by atoms with van der Waals surface area (Å²) in [7, 11) is 0. The predicted octanol–water partition coefficient (Wildman–Crippen LogP) is 2.50. The van der Waals surface area contributed by atoms with E-state index >= 15 is 0 Å². The molecule has 0 aliphatic carbocycles. The quantitative estimate of drug-likeness (QED) is 0.931. The SMILES string of the molecule is Cc1nc2ccccc2nc1N1CCC(CCN)CC1. The number of hydrogen-bond donors (Lipinski definition) is 1. The molecule has 0 radical (unpaired) electrons. The van der Waals surface area contributed by atoms with E-state index in [1.54, 1.807) is 0 Å². The molecule has 2 aromatic rings. The number of benzene rings is 1. The van der Waals surface area contributed by atoms with Crippen LogP contribution in [0.25, 0.3) is 11.0 Å². The van der Waals surface area contributed by atoms with E-state index in [1.807, 2.05) is 24.3 Å². The number of fused-ring (bicyclic) bond motifs is 1. The molecule has 2 heterocycles. The Morgan fingerprint density at radius 1 is 1.15 bits per heavy atom. The molecule has 0 unspecified atom stereocenters. The van der Waals surface area contributed by atoms with Gasteiger partial charge < -0.3 is 10.6 Å². The molecule has 0 amide bonds. The minimum Gasteiger partial charge on any atom is -0.355 e. The van der Waals surface area contributed by atoms with E-state index in [-0.39, 0.29) is 0 Å². The molecular formula is C16H22N4. The van der Waals surface area contributed by atoms with Gasteiger partial charge in [-0.15, -0.1) is 0 Å². The van der Waals surface area contributed by atoms with Gasteiger partial charge in [0.2, 0.25) is 0 Å². The van der Waals surface area contributed by atoms with Gasteiger partial charge >= 0.3 is 0 Å². The summed E-state index contributed by atoms with van der Waals surface area (Å²) < 4.78 is 0. The van der Waals surface area contributed by atoms with Crippen molar-refractivity contribution in [3.05, 3.63) is 30.0 Å². The third-order valence-electron chi connectivity index (χ3n) is 4.21. The van der Waals surface area contributed by atoms with Gasteiger partial charge in [-0.1, -0.05) is 12.1 Å². The number of aryl methyl sites for hydroxylation is 1. The topological polar surface area (TPSA) is 55.0 Å². The minimum atomic E-state index is 0.782. The first-order chi connectivity index (χ1) is 9.78. The highest BCUT2D eigenvalue weighted by molar-refractivity contribution is 5.76. The Morgan fingerprint density at radius 3 is 2.45 bits per heavy atom. The van der Waals surface area contributed by atoms with Crippen molar-refractivity contribution in [3.8, 4) is 0 Å². The Labute approximate surface area is 120 Å². The number of hydrogen-bond acceptors (Lipinski definition) is 4. The molecule has 0 bridgehead atoms. The van der Waals surface area contributed by atoms with Crippen LogP contribution in [0.4, 0.5) is 5.82 Å². The number of piperidine rings is 1. The largest absolute Gasteiger partial charge is 0.355 e.